The first-order valence-corrected chi connectivity index (χ1v) is 11.4. The normalized spacial score (nSPS) is 12.5. The SMILES string of the molecule is CCN(CC)S(=O)(=O)c1ccc(Cl)c(C(=O)OCC(=O)N[C@@H](C)c2ccc(F)cc2)c1. The number of nitrogens with one attached hydrogen (secondary N) is 1. The molecular weight excluding hydrogens is 447 g/mol. The average molecular weight is 471 g/mol. The van der Waals surface area contributed by atoms with Crippen molar-refractivity contribution in [3.05, 3.63) is 64.4 Å². The molecule has 0 heterocycles. The summed E-state index contributed by atoms with van der Waals surface area (Å²) in [4.78, 5) is 24.4. The van der Waals surface area contributed by atoms with Gasteiger partial charge in [-0.25, -0.2) is 17.6 Å². The maximum Gasteiger partial charge on any atom is 0.340 e. The quantitative estimate of drug-likeness (QED) is 0.566. The minimum absolute atomic E-state index is 0.00332. The summed E-state index contributed by atoms with van der Waals surface area (Å²) in [6.45, 7) is 5.07. The summed E-state index contributed by atoms with van der Waals surface area (Å²) in [7, 11) is -3.79. The molecule has 0 aliphatic rings. The molecule has 0 saturated carbocycles. The predicted molar refractivity (Wildman–Crippen MR) is 115 cm³/mol. The van der Waals surface area contributed by atoms with Crippen molar-refractivity contribution in [3.8, 4) is 0 Å². The summed E-state index contributed by atoms with van der Waals surface area (Å²) in [6, 6.07) is 8.94. The molecule has 0 fully saturated rings. The summed E-state index contributed by atoms with van der Waals surface area (Å²) in [5, 5.41) is 2.63. The van der Waals surface area contributed by atoms with E-state index in [1.807, 2.05) is 0 Å². The first-order chi connectivity index (χ1) is 14.6. The number of hydrogen-bond donors (Lipinski definition) is 1. The lowest BCUT2D eigenvalue weighted by Crippen LogP contribution is -2.31. The van der Waals surface area contributed by atoms with E-state index < -0.39 is 40.4 Å². The Morgan fingerprint density at radius 1 is 1.13 bits per heavy atom. The molecule has 0 spiro atoms. The number of rotatable bonds is 9. The fourth-order valence-corrected chi connectivity index (χ4v) is 4.54. The van der Waals surface area contributed by atoms with E-state index in [2.05, 4.69) is 5.32 Å². The fourth-order valence-electron chi connectivity index (χ4n) is 2.86. The van der Waals surface area contributed by atoms with Crippen LogP contribution in [0.5, 0.6) is 0 Å². The molecule has 31 heavy (non-hydrogen) atoms. The van der Waals surface area contributed by atoms with Crippen LogP contribution in [0, 0.1) is 5.82 Å². The molecule has 1 N–H and O–H groups in total. The molecule has 2 aromatic rings. The van der Waals surface area contributed by atoms with Crippen molar-refractivity contribution in [2.24, 2.45) is 0 Å². The second-order valence-electron chi connectivity index (χ2n) is 6.65. The van der Waals surface area contributed by atoms with Crippen LogP contribution in [-0.2, 0) is 19.6 Å². The topological polar surface area (TPSA) is 92.8 Å². The third-order valence-electron chi connectivity index (χ3n) is 4.58. The maximum atomic E-state index is 13.0. The molecule has 0 aliphatic carbocycles. The van der Waals surface area contributed by atoms with Gasteiger partial charge in [0.25, 0.3) is 5.91 Å². The van der Waals surface area contributed by atoms with Gasteiger partial charge in [-0.3, -0.25) is 4.79 Å². The fraction of sp³-hybridized carbons (Fsp3) is 0.333. The van der Waals surface area contributed by atoms with Gasteiger partial charge in [0.1, 0.15) is 5.82 Å². The lowest BCUT2D eigenvalue weighted by atomic mass is 10.1. The van der Waals surface area contributed by atoms with Gasteiger partial charge >= 0.3 is 5.97 Å². The van der Waals surface area contributed by atoms with Crippen molar-refractivity contribution in [2.45, 2.75) is 31.7 Å². The highest BCUT2D eigenvalue weighted by atomic mass is 35.5. The predicted octanol–water partition coefficient (Wildman–Crippen LogP) is 3.54. The third kappa shape index (κ3) is 6.25. The number of esters is 1. The highest BCUT2D eigenvalue weighted by Gasteiger charge is 2.24. The molecule has 168 valence electrons. The van der Waals surface area contributed by atoms with Gasteiger partial charge in [0.15, 0.2) is 6.61 Å². The standard InChI is InChI=1S/C21H24ClFN2O5S/c1-4-25(5-2)31(28,29)17-10-11-19(22)18(12-17)21(27)30-13-20(26)24-14(3)15-6-8-16(23)9-7-15/h6-12,14H,4-5,13H2,1-3H3,(H,24,26)/t14-/m0/s1. The first kappa shape index (κ1) is 24.8. The lowest BCUT2D eigenvalue weighted by molar-refractivity contribution is -0.124. The summed E-state index contributed by atoms with van der Waals surface area (Å²) in [6.07, 6.45) is 0. The van der Waals surface area contributed by atoms with Crippen molar-refractivity contribution in [1.29, 1.82) is 0 Å². The van der Waals surface area contributed by atoms with Crippen molar-refractivity contribution < 1.29 is 27.1 Å². The molecule has 2 aromatic carbocycles. The van der Waals surface area contributed by atoms with Gasteiger partial charge in [-0.05, 0) is 42.8 Å². The van der Waals surface area contributed by atoms with Crippen LogP contribution in [0.25, 0.3) is 0 Å². The van der Waals surface area contributed by atoms with Crippen LogP contribution < -0.4 is 5.32 Å². The molecule has 0 bridgehead atoms. The molecule has 1 atom stereocenters. The van der Waals surface area contributed by atoms with Crippen molar-refractivity contribution in [1.82, 2.24) is 9.62 Å². The van der Waals surface area contributed by atoms with Crippen LogP contribution in [0.15, 0.2) is 47.4 Å². The van der Waals surface area contributed by atoms with Gasteiger partial charge in [0, 0.05) is 13.1 Å². The number of carbonyl (C=O) groups excluding carboxylic acids is 2. The van der Waals surface area contributed by atoms with Gasteiger partial charge in [-0.1, -0.05) is 37.6 Å². The lowest BCUT2D eigenvalue weighted by Gasteiger charge is -2.19. The summed E-state index contributed by atoms with van der Waals surface area (Å²) in [5.74, 6) is -1.89. The zero-order valence-electron chi connectivity index (χ0n) is 17.4. The molecule has 2 rings (SSSR count). The van der Waals surface area contributed by atoms with Crippen LogP contribution in [0.4, 0.5) is 4.39 Å². The highest BCUT2D eigenvalue weighted by Crippen LogP contribution is 2.24. The Hall–Kier alpha value is -2.49. The van der Waals surface area contributed by atoms with Crippen LogP contribution in [-0.4, -0.2) is 44.3 Å². The number of carbonyl (C=O) groups is 2. The highest BCUT2D eigenvalue weighted by molar-refractivity contribution is 7.89. The molecule has 0 saturated heterocycles. The Morgan fingerprint density at radius 2 is 1.74 bits per heavy atom. The zero-order valence-corrected chi connectivity index (χ0v) is 19.0. The van der Waals surface area contributed by atoms with Gasteiger partial charge in [-0.2, -0.15) is 4.31 Å². The Kier molecular flexibility index (Phi) is 8.55. The molecule has 10 heteroatoms. The number of amides is 1. The number of halogens is 2. The Balaban J connectivity index is 2.06. The summed E-state index contributed by atoms with van der Waals surface area (Å²) in [5.41, 5.74) is 0.521. The van der Waals surface area contributed by atoms with Crippen molar-refractivity contribution in [2.75, 3.05) is 19.7 Å². The van der Waals surface area contributed by atoms with E-state index in [4.69, 9.17) is 16.3 Å². The molecular formula is C21H24ClFN2O5S. The Bertz CT molecular complexity index is 1040. The van der Waals surface area contributed by atoms with Crippen LogP contribution in [0.1, 0.15) is 42.7 Å². The van der Waals surface area contributed by atoms with Gasteiger partial charge in [-0.15, -0.1) is 0 Å². The number of nitrogens with zero attached hydrogens (tertiary/aromatic N) is 1. The molecule has 0 radical (unpaired) electrons. The van der Waals surface area contributed by atoms with E-state index in [0.717, 1.165) is 6.07 Å². The third-order valence-corrected chi connectivity index (χ3v) is 6.96. The monoisotopic (exact) mass is 470 g/mol. The van der Waals surface area contributed by atoms with E-state index >= 15 is 0 Å². The molecule has 0 aromatic heterocycles. The maximum absolute atomic E-state index is 13.0. The second-order valence-corrected chi connectivity index (χ2v) is 8.99. The molecule has 7 nitrogen and oxygen atoms in total. The smallest absolute Gasteiger partial charge is 0.340 e. The van der Waals surface area contributed by atoms with E-state index in [9.17, 15) is 22.4 Å². The minimum atomic E-state index is -3.79. The molecule has 0 unspecified atom stereocenters. The zero-order chi connectivity index (χ0) is 23.2. The number of hydrogen-bond acceptors (Lipinski definition) is 5. The van der Waals surface area contributed by atoms with E-state index in [-0.39, 0.29) is 28.6 Å². The second kappa shape index (κ2) is 10.7. The largest absolute Gasteiger partial charge is 0.452 e. The summed E-state index contributed by atoms with van der Waals surface area (Å²) >= 11 is 6.04. The number of sulfonamides is 1. The number of ether oxygens (including phenoxy) is 1. The van der Waals surface area contributed by atoms with E-state index in [1.54, 1.807) is 20.8 Å². The van der Waals surface area contributed by atoms with Crippen LogP contribution in [0.3, 0.4) is 0 Å². The van der Waals surface area contributed by atoms with Gasteiger partial charge in [0.2, 0.25) is 10.0 Å². The first-order valence-electron chi connectivity index (χ1n) is 9.61. The van der Waals surface area contributed by atoms with Crippen molar-refractivity contribution >= 4 is 33.5 Å². The van der Waals surface area contributed by atoms with E-state index in [0.29, 0.717) is 5.56 Å². The van der Waals surface area contributed by atoms with Gasteiger partial charge < -0.3 is 10.1 Å². The molecule has 0 aliphatic heterocycles. The number of benzene rings is 2. The van der Waals surface area contributed by atoms with Gasteiger partial charge in [0.05, 0.1) is 21.5 Å². The van der Waals surface area contributed by atoms with Crippen molar-refractivity contribution in [3.63, 3.8) is 0 Å². The minimum Gasteiger partial charge on any atom is -0.452 e. The average Bonchev–Trinajstić information content (AvgIpc) is 2.73. The Morgan fingerprint density at radius 3 is 2.32 bits per heavy atom. The summed E-state index contributed by atoms with van der Waals surface area (Å²) < 4.78 is 44.6. The molecule has 1 amide bonds. The van der Waals surface area contributed by atoms with E-state index in [1.165, 1.54) is 40.7 Å². The van der Waals surface area contributed by atoms with Crippen LogP contribution in [0.2, 0.25) is 5.02 Å². The van der Waals surface area contributed by atoms with Crippen LogP contribution >= 0.6 is 11.6 Å². The Labute approximate surface area is 186 Å².